The van der Waals surface area contributed by atoms with Gasteiger partial charge < -0.3 is 10.2 Å². The van der Waals surface area contributed by atoms with Crippen LogP contribution in [0.25, 0.3) is 0 Å². The molecule has 4 nitrogen and oxygen atoms in total. The van der Waals surface area contributed by atoms with Gasteiger partial charge in [-0.15, -0.1) is 0 Å². The van der Waals surface area contributed by atoms with Crippen LogP contribution >= 0.6 is 0 Å². The van der Waals surface area contributed by atoms with Crippen LogP contribution in [0, 0.1) is 11.7 Å². The van der Waals surface area contributed by atoms with Crippen LogP contribution in [-0.4, -0.2) is 35.3 Å². The van der Waals surface area contributed by atoms with E-state index in [4.69, 9.17) is 0 Å². The lowest BCUT2D eigenvalue weighted by Crippen LogP contribution is -2.43. The zero-order valence-electron chi connectivity index (χ0n) is 10.6. The van der Waals surface area contributed by atoms with Crippen LogP contribution in [-0.2, 0) is 4.79 Å². The van der Waals surface area contributed by atoms with Crippen molar-refractivity contribution in [2.45, 2.75) is 18.9 Å². The van der Waals surface area contributed by atoms with Gasteiger partial charge in [0.15, 0.2) is 0 Å². The first-order chi connectivity index (χ1) is 9.00. The highest BCUT2D eigenvalue weighted by molar-refractivity contribution is 5.95. The summed E-state index contributed by atoms with van der Waals surface area (Å²) in [5.74, 6) is -0.317. The van der Waals surface area contributed by atoms with Crippen LogP contribution < -0.4 is 5.32 Å². The minimum atomic E-state index is -0.422. The van der Waals surface area contributed by atoms with E-state index >= 15 is 0 Å². The van der Waals surface area contributed by atoms with Crippen molar-refractivity contribution in [3.05, 3.63) is 35.6 Å². The average Bonchev–Trinajstić information content (AvgIpc) is 2.89. The Balaban J connectivity index is 1.70. The summed E-state index contributed by atoms with van der Waals surface area (Å²) in [5.41, 5.74) is 0.0380. The first-order valence-corrected chi connectivity index (χ1v) is 6.34. The maximum Gasteiger partial charge on any atom is 0.251 e. The maximum absolute atomic E-state index is 13.1. The number of piperidine rings is 1. The van der Waals surface area contributed by atoms with Gasteiger partial charge in [0.05, 0.1) is 5.54 Å². The minimum absolute atomic E-state index is 0.0339. The van der Waals surface area contributed by atoms with Gasteiger partial charge in [0, 0.05) is 31.5 Å². The molecule has 1 saturated carbocycles. The van der Waals surface area contributed by atoms with Crippen LogP contribution in [0.5, 0.6) is 0 Å². The van der Waals surface area contributed by atoms with Crippen molar-refractivity contribution >= 4 is 11.8 Å². The molecule has 2 fully saturated rings. The Morgan fingerprint density at radius 1 is 1.47 bits per heavy atom. The third-order valence-electron chi connectivity index (χ3n) is 4.04. The summed E-state index contributed by atoms with van der Waals surface area (Å²) in [6, 6.07) is 5.63. The Morgan fingerprint density at radius 3 is 2.89 bits per heavy atom. The molecule has 1 unspecified atom stereocenters. The molecule has 0 bridgehead atoms. The van der Waals surface area contributed by atoms with Crippen molar-refractivity contribution in [3.8, 4) is 0 Å². The molecular weight excluding hydrogens is 247 g/mol. The molecule has 2 amide bonds. The quantitative estimate of drug-likeness (QED) is 0.870. The van der Waals surface area contributed by atoms with Crippen LogP contribution in [0.15, 0.2) is 24.3 Å². The number of amides is 2. The second-order valence-corrected chi connectivity index (χ2v) is 5.42. The highest BCUT2D eigenvalue weighted by atomic mass is 19.1. The van der Waals surface area contributed by atoms with Gasteiger partial charge >= 0.3 is 0 Å². The van der Waals surface area contributed by atoms with Gasteiger partial charge in [-0.2, -0.15) is 0 Å². The highest BCUT2D eigenvalue weighted by Crippen LogP contribution is 2.49. The van der Waals surface area contributed by atoms with Crippen LogP contribution in [0.2, 0.25) is 0 Å². The molecular formula is C14H15FN2O2. The third-order valence-corrected chi connectivity index (χ3v) is 4.04. The second-order valence-electron chi connectivity index (χ2n) is 5.42. The summed E-state index contributed by atoms with van der Waals surface area (Å²) in [6.07, 6.45) is 0.901. The molecule has 3 rings (SSSR count). The summed E-state index contributed by atoms with van der Waals surface area (Å²) >= 11 is 0. The predicted octanol–water partition coefficient (Wildman–Crippen LogP) is 1.18. The van der Waals surface area contributed by atoms with E-state index in [-0.39, 0.29) is 17.4 Å². The smallest absolute Gasteiger partial charge is 0.251 e. The first kappa shape index (κ1) is 12.1. The predicted molar refractivity (Wildman–Crippen MR) is 67.0 cm³/mol. The molecule has 1 aromatic carbocycles. The number of nitrogens with zero attached hydrogens (tertiary/aromatic N) is 1. The summed E-state index contributed by atoms with van der Waals surface area (Å²) in [5, 5.41) is 2.96. The summed E-state index contributed by atoms with van der Waals surface area (Å²) in [4.78, 5) is 25.1. The minimum Gasteiger partial charge on any atom is -0.344 e. The summed E-state index contributed by atoms with van der Waals surface area (Å²) < 4.78 is 13.1. The Morgan fingerprint density at radius 2 is 2.26 bits per heavy atom. The van der Waals surface area contributed by atoms with Gasteiger partial charge in [0.2, 0.25) is 5.91 Å². The lowest BCUT2D eigenvalue weighted by molar-refractivity contribution is -0.128. The largest absolute Gasteiger partial charge is 0.344 e. The second kappa shape index (κ2) is 4.05. The standard InChI is InChI=1S/C14H15FN2O2/c1-9(18)17-7-11-6-14(11,8-17)16-13(19)10-3-2-4-12(15)5-10/h2-5,11H,6-8H2,1H3,(H,16,19)/t11?,14-/m0/s1. The lowest BCUT2D eigenvalue weighted by Gasteiger charge is -2.20. The molecule has 19 heavy (non-hydrogen) atoms. The molecule has 1 aliphatic heterocycles. The Hall–Kier alpha value is -1.91. The molecule has 1 heterocycles. The monoisotopic (exact) mass is 262 g/mol. The van der Waals surface area contributed by atoms with Crippen LogP contribution in [0.1, 0.15) is 23.7 Å². The van der Waals surface area contributed by atoms with Crippen molar-refractivity contribution in [3.63, 3.8) is 0 Å². The fourth-order valence-corrected chi connectivity index (χ4v) is 2.85. The fourth-order valence-electron chi connectivity index (χ4n) is 2.85. The first-order valence-electron chi connectivity index (χ1n) is 6.34. The molecule has 2 atom stereocenters. The molecule has 0 aromatic heterocycles. The number of hydrogen-bond donors (Lipinski definition) is 1. The maximum atomic E-state index is 13.1. The third kappa shape index (κ3) is 2.09. The number of halogens is 1. The molecule has 1 N–H and O–H groups in total. The fraction of sp³-hybridized carbons (Fsp3) is 0.429. The SMILES string of the molecule is CC(=O)N1CC2C[C@]2(NC(=O)c2cccc(F)c2)C1. The molecule has 1 aromatic rings. The van der Waals surface area contributed by atoms with Gasteiger partial charge in [-0.25, -0.2) is 4.39 Å². The topological polar surface area (TPSA) is 49.4 Å². The van der Waals surface area contributed by atoms with Crippen molar-refractivity contribution in [1.82, 2.24) is 10.2 Å². The van der Waals surface area contributed by atoms with Gasteiger partial charge in [0.1, 0.15) is 5.82 Å². The van der Waals surface area contributed by atoms with E-state index in [0.29, 0.717) is 24.6 Å². The Bertz CT molecular complexity index is 560. The molecule has 1 saturated heterocycles. The molecule has 2 aliphatic rings. The zero-order valence-corrected chi connectivity index (χ0v) is 10.6. The Kier molecular flexibility index (Phi) is 2.59. The molecule has 1 aliphatic carbocycles. The Labute approximate surface area is 110 Å². The number of likely N-dealkylation sites (tertiary alicyclic amines) is 1. The van der Waals surface area contributed by atoms with E-state index in [2.05, 4.69) is 5.32 Å². The van der Waals surface area contributed by atoms with Crippen molar-refractivity contribution in [1.29, 1.82) is 0 Å². The van der Waals surface area contributed by atoms with Gasteiger partial charge in [-0.1, -0.05) is 6.07 Å². The van der Waals surface area contributed by atoms with E-state index in [1.54, 1.807) is 11.0 Å². The summed E-state index contributed by atoms with van der Waals surface area (Å²) in [6.45, 7) is 2.81. The average molecular weight is 262 g/mol. The van der Waals surface area contributed by atoms with E-state index in [1.807, 2.05) is 0 Å². The van der Waals surface area contributed by atoms with Crippen LogP contribution in [0.3, 0.4) is 0 Å². The molecule has 5 heteroatoms. The normalized spacial score (nSPS) is 27.9. The van der Waals surface area contributed by atoms with E-state index < -0.39 is 5.82 Å². The van der Waals surface area contributed by atoms with Crippen molar-refractivity contribution in [2.24, 2.45) is 5.92 Å². The number of benzene rings is 1. The van der Waals surface area contributed by atoms with Gasteiger partial charge in [0.25, 0.3) is 5.91 Å². The van der Waals surface area contributed by atoms with Crippen LogP contribution in [0.4, 0.5) is 4.39 Å². The molecule has 0 radical (unpaired) electrons. The number of rotatable bonds is 2. The van der Waals surface area contributed by atoms with E-state index in [0.717, 1.165) is 6.42 Å². The van der Waals surface area contributed by atoms with Gasteiger partial charge in [-0.3, -0.25) is 9.59 Å². The highest BCUT2D eigenvalue weighted by Gasteiger charge is 2.61. The molecule has 0 spiro atoms. The number of fused-ring (bicyclic) bond motifs is 1. The van der Waals surface area contributed by atoms with E-state index in [1.165, 1.54) is 25.1 Å². The number of carbonyl (C=O) groups excluding carboxylic acids is 2. The zero-order chi connectivity index (χ0) is 13.6. The number of nitrogens with one attached hydrogen (secondary N) is 1. The lowest BCUT2D eigenvalue weighted by atomic mass is 10.1. The summed E-state index contributed by atoms with van der Waals surface area (Å²) in [7, 11) is 0. The number of hydrogen-bond acceptors (Lipinski definition) is 2. The van der Waals surface area contributed by atoms with Crippen molar-refractivity contribution < 1.29 is 14.0 Å². The van der Waals surface area contributed by atoms with E-state index in [9.17, 15) is 14.0 Å². The van der Waals surface area contributed by atoms with Gasteiger partial charge in [-0.05, 0) is 24.6 Å². The molecule has 100 valence electrons. The number of carbonyl (C=O) groups is 2. The van der Waals surface area contributed by atoms with Crippen molar-refractivity contribution in [2.75, 3.05) is 13.1 Å².